The predicted molar refractivity (Wildman–Crippen MR) is 129 cm³/mol. The van der Waals surface area contributed by atoms with Crippen molar-refractivity contribution in [1.82, 2.24) is 19.3 Å². The summed E-state index contributed by atoms with van der Waals surface area (Å²) in [7, 11) is 0. The van der Waals surface area contributed by atoms with E-state index in [1.165, 1.54) is 5.56 Å². The van der Waals surface area contributed by atoms with Crippen LogP contribution >= 0.6 is 0 Å². The molecule has 1 amide bonds. The minimum Gasteiger partial charge on any atom is -0.382 e. The van der Waals surface area contributed by atoms with Gasteiger partial charge in [0.2, 0.25) is 0 Å². The summed E-state index contributed by atoms with van der Waals surface area (Å²) in [4.78, 5) is 23.2. The molecule has 7 heteroatoms. The molecule has 5 rings (SSSR count). The summed E-state index contributed by atoms with van der Waals surface area (Å²) in [5.74, 6) is 3.07. The Hall–Kier alpha value is -4.31. The molecule has 2 aromatic heterocycles. The zero-order valence-corrected chi connectivity index (χ0v) is 18.1. The van der Waals surface area contributed by atoms with Crippen LogP contribution in [0.25, 0.3) is 16.8 Å². The predicted octanol–water partition coefficient (Wildman–Crippen LogP) is 3.89. The number of rotatable bonds is 5. The third kappa shape index (κ3) is 3.87. The highest BCUT2D eigenvalue weighted by Gasteiger charge is 2.33. The van der Waals surface area contributed by atoms with Crippen LogP contribution in [0.1, 0.15) is 30.3 Å². The molecule has 0 spiro atoms. The topological polar surface area (TPSA) is 88.5 Å². The van der Waals surface area contributed by atoms with Crippen molar-refractivity contribution in [1.29, 1.82) is 0 Å². The Labute approximate surface area is 192 Å². The number of carbonyl (C=O) groups excluding carboxylic acids is 1. The first kappa shape index (κ1) is 20.6. The van der Waals surface area contributed by atoms with Crippen LogP contribution in [-0.2, 0) is 11.3 Å². The molecule has 1 atom stereocenters. The summed E-state index contributed by atoms with van der Waals surface area (Å²) >= 11 is 0. The average Bonchev–Trinajstić information content (AvgIpc) is 3.49. The third-order valence-electron chi connectivity index (χ3n) is 6.04. The lowest BCUT2D eigenvalue weighted by Gasteiger charge is -2.21. The second-order valence-electron chi connectivity index (χ2n) is 8.07. The van der Waals surface area contributed by atoms with Crippen molar-refractivity contribution >= 4 is 22.9 Å². The quantitative estimate of drug-likeness (QED) is 0.464. The van der Waals surface area contributed by atoms with Gasteiger partial charge < -0.3 is 16.0 Å². The van der Waals surface area contributed by atoms with Gasteiger partial charge in [-0.25, -0.2) is 9.97 Å². The van der Waals surface area contributed by atoms with Crippen LogP contribution < -0.4 is 11.1 Å². The molecule has 4 aromatic rings. The normalized spacial score (nSPS) is 15.5. The summed E-state index contributed by atoms with van der Waals surface area (Å²) < 4.78 is 1.94. The van der Waals surface area contributed by atoms with Gasteiger partial charge >= 0.3 is 0 Å². The van der Waals surface area contributed by atoms with E-state index < -0.39 is 0 Å². The summed E-state index contributed by atoms with van der Waals surface area (Å²) in [5.41, 5.74) is 10.9. The minimum absolute atomic E-state index is 0.191. The second-order valence-corrected chi connectivity index (χ2v) is 8.07. The zero-order valence-electron chi connectivity index (χ0n) is 18.1. The van der Waals surface area contributed by atoms with Gasteiger partial charge in [0.05, 0.1) is 6.04 Å². The van der Waals surface area contributed by atoms with Gasteiger partial charge in [0.15, 0.2) is 0 Å². The second kappa shape index (κ2) is 8.67. The number of benzene rings is 2. The number of amides is 1. The highest BCUT2D eigenvalue weighted by Crippen LogP contribution is 2.36. The standard InChI is InChI=1S/C26H24N6O/c1-2-22(33)31-15-6-9-21(31)26-30-23(24-25(27)28-14-16-32(24)26)19-10-12-20(13-11-19)29-17-18-7-4-3-5-8-18/h1,3-5,7-8,10-14,16,21,29H,6,9,15,17H2,(H2,27,28)/t21-/m0/s1. The minimum atomic E-state index is -0.313. The average molecular weight is 437 g/mol. The van der Waals surface area contributed by atoms with Crippen LogP contribution in [0.2, 0.25) is 0 Å². The summed E-state index contributed by atoms with van der Waals surface area (Å²) in [6.45, 7) is 1.37. The maximum absolute atomic E-state index is 12.3. The van der Waals surface area contributed by atoms with Gasteiger partial charge in [-0.1, -0.05) is 42.5 Å². The molecule has 2 aromatic carbocycles. The van der Waals surface area contributed by atoms with E-state index in [2.05, 4.69) is 28.4 Å². The number of nitrogens with one attached hydrogen (secondary N) is 1. The lowest BCUT2D eigenvalue weighted by molar-refractivity contribution is -0.126. The number of carbonyl (C=O) groups is 1. The Bertz CT molecular complexity index is 1340. The SMILES string of the molecule is C#CC(=O)N1CCC[C@H]1c1nc(-c2ccc(NCc3ccccc3)cc2)c2c(N)nccn12. The Morgan fingerprint density at radius 2 is 1.97 bits per heavy atom. The molecule has 0 aliphatic carbocycles. The molecule has 0 radical (unpaired) electrons. The Morgan fingerprint density at radius 1 is 1.18 bits per heavy atom. The molecular formula is C26H24N6O. The molecule has 1 fully saturated rings. The van der Waals surface area contributed by atoms with Crippen LogP contribution in [0.4, 0.5) is 11.5 Å². The van der Waals surface area contributed by atoms with Gasteiger partial charge in [0, 0.05) is 36.7 Å². The van der Waals surface area contributed by atoms with E-state index in [1.54, 1.807) is 11.1 Å². The fourth-order valence-corrected chi connectivity index (χ4v) is 4.43. The van der Waals surface area contributed by atoms with Crippen LogP contribution in [0.5, 0.6) is 0 Å². The number of hydrogen-bond donors (Lipinski definition) is 2. The molecule has 1 aliphatic heterocycles. The molecular weight excluding hydrogens is 412 g/mol. The summed E-state index contributed by atoms with van der Waals surface area (Å²) in [6.07, 6.45) is 10.6. The van der Waals surface area contributed by atoms with Crippen molar-refractivity contribution in [3.63, 3.8) is 0 Å². The van der Waals surface area contributed by atoms with Crippen molar-refractivity contribution in [2.45, 2.75) is 25.4 Å². The van der Waals surface area contributed by atoms with E-state index in [9.17, 15) is 4.79 Å². The largest absolute Gasteiger partial charge is 0.382 e. The first-order chi connectivity index (χ1) is 16.2. The molecule has 0 unspecified atom stereocenters. The molecule has 1 aliphatic rings. The maximum atomic E-state index is 12.3. The lowest BCUT2D eigenvalue weighted by atomic mass is 10.1. The van der Waals surface area contributed by atoms with E-state index in [1.807, 2.05) is 53.1 Å². The van der Waals surface area contributed by atoms with Crippen molar-refractivity contribution < 1.29 is 4.79 Å². The maximum Gasteiger partial charge on any atom is 0.298 e. The van der Waals surface area contributed by atoms with Gasteiger partial charge in [-0.15, -0.1) is 6.42 Å². The van der Waals surface area contributed by atoms with Crippen LogP contribution in [0.3, 0.4) is 0 Å². The number of nitrogens with zero attached hydrogens (tertiary/aromatic N) is 4. The highest BCUT2D eigenvalue weighted by molar-refractivity contribution is 5.93. The van der Waals surface area contributed by atoms with E-state index in [0.717, 1.165) is 47.7 Å². The monoisotopic (exact) mass is 436 g/mol. The molecule has 164 valence electrons. The Morgan fingerprint density at radius 3 is 2.73 bits per heavy atom. The number of anilines is 2. The van der Waals surface area contributed by atoms with Crippen LogP contribution in [-0.4, -0.2) is 31.7 Å². The van der Waals surface area contributed by atoms with Gasteiger partial charge in [0.25, 0.3) is 5.91 Å². The van der Waals surface area contributed by atoms with E-state index in [0.29, 0.717) is 12.4 Å². The first-order valence-corrected chi connectivity index (χ1v) is 10.9. The molecule has 33 heavy (non-hydrogen) atoms. The van der Waals surface area contributed by atoms with E-state index >= 15 is 0 Å². The first-order valence-electron chi connectivity index (χ1n) is 10.9. The highest BCUT2D eigenvalue weighted by atomic mass is 16.2. The van der Waals surface area contributed by atoms with Gasteiger partial charge in [-0.05, 0) is 36.5 Å². The number of nitrogen functional groups attached to an aromatic ring is 1. The Balaban J connectivity index is 1.48. The summed E-state index contributed by atoms with van der Waals surface area (Å²) in [6, 6.07) is 18.2. The fourth-order valence-electron chi connectivity index (χ4n) is 4.43. The van der Waals surface area contributed by atoms with E-state index in [4.69, 9.17) is 17.1 Å². The fraction of sp³-hybridized carbons (Fsp3) is 0.192. The van der Waals surface area contributed by atoms with Gasteiger partial charge in [0.1, 0.15) is 22.9 Å². The molecule has 3 N–H and O–H groups in total. The summed E-state index contributed by atoms with van der Waals surface area (Å²) in [5, 5.41) is 3.44. The molecule has 1 saturated heterocycles. The van der Waals surface area contributed by atoms with Gasteiger partial charge in [-0.3, -0.25) is 9.20 Å². The number of likely N-dealkylation sites (tertiary alicyclic amines) is 1. The van der Waals surface area contributed by atoms with Crippen molar-refractivity contribution in [3.05, 3.63) is 78.4 Å². The molecule has 3 heterocycles. The molecule has 7 nitrogen and oxygen atoms in total. The number of aromatic nitrogens is 3. The lowest BCUT2D eigenvalue weighted by Crippen LogP contribution is -2.30. The van der Waals surface area contributed by atoms with Crippen molar-refractivity contribution in [2.75, 3.05) is 17.6 Å². The number of terminal acetylenes is 1. The van der Waals surface area contributed by atoms with Crippen LogP contribution in [0, 0.1) is 12.3 Å². The zero-order chi connectivity index (χ0) is 22.8. The number of hydrogen-bond acceptors (Lipinski definition) is 5. The van der Waals surface area contributed by atoms with Crippen molar-refractivity contribution in [3.8, 4) is 23.6 Å². The van der Waals surface area contributed by atoms with Crippen LogP contribution in [0.15, 0.2) is 67.0 Å². The van der Waals surface area contributed by atoms with Gasteiger partial charge in [-0.2, -0.15) is 0 Å². The molecule has 0 saturated carbocycles. The number of nitrogens with two attached hydrogens (primary N) is 1. The third-order valence-corrected chi connectivity index (χ3v) is 6.04. The smallest absolute Gasteiger partial charge is 0.298 e. The Kier molecular flexibility index (Phi) is 5.41. The van der Waals surface area contributed by atoms with E-state index in [-0.39, 0.29) is 11.9 Å². The molecule has 0 bridgehead atoms. The number of fused-ring (bicyclic) bond motifs is 1. The number of imidazole rings is 1. The van der Waals surface area contributed by atoms with Crippen molar-refractivity contribution in [2.24, 2.45) is 0 Å².